The van der Waals surface area contributed by atoms with Crippen molar-refractivity contribution in [2.45, 2.75) is 43.9 Å². The molecule has 1 aliphatic heterocycles. The number of aliphatic hydroxyl groups is 1. The highest BCUT2D eigenvalue weighted by molar-refractivity contribution is 6.24. The normalized spacial score (nSPS) is 25.2. The first-order chi connectivity index (χ1) is 16.2. The highest BCUT2D eigenvalue weighted by Crippen LogP contribution is 2.59. The molecule has 6 N–H and O–H groups in total. The molecule has 7 nitrogen and oxygen atoms in total. The molecule has 0 radical (unpaired) electrons. The smallest absolute Gasteiger partial charge is 0.270 e. The number of Topliss-reactive ketones (excluding diaryl/α,β-unsaturated/α-hetero) is 1. The van der Waals surface area contributed by atoms with Gasteiger partial charge in [-0.15, -0.1) is 0 Å². The number of hydrogen-bond acceptors (Lipinski definition) is 6. The lowest BCUT2D eigenvalue weighted by molar-refractivity contribution is -0.158. The van der Waals surface area contributed by atoms with E-state index in [1.54, 1.807) is 36.4 Å². The van der Waals surface area contributed by atoms with Gasteiger partial charge in [0.15, 0.2) is 5.78 Å². The average molecular weight is 458 g/mol. The molecule has 2 aromatic rings. The fourth-order valence-corrected chi connectivity index (χ4v) is 5.13. The maximum absolute atomic E-state index is 13.9. The van der Waals surface area contributed by atoms with Crippen LogP contribution in [0.2, 0.25) is 0 Å². The summed E-state index contributed by atoms with van der Waals surface area (Å²) in [6.07, 6.45) is 6.08. The zero-order valence-corrected chi connectivity index (χ0v) is 19.1. The minimum atomic E-state index is -2.08. The lowest BCUT2D eigenvalue weighted by atomic mass is 9.82. The molecule has 2 atom stereocenters. The van der Waals surface area contributed by atoms with Crippen molar-refractivity contribution in [1.82, 2.24) is 5.32 Å². The van der Waals surface area contributed by atoms with Gasteiger partial charge in [0.25, 0.3) is 11.7 Å². The highest BCUT2D eigenvalue weighted by Gasteiger charge is 2.73. The lowest BCUT2D eigenvalue weighted by Crippen LogP contribution is -2.62. The number of para-hydroxylation sites is 1. The molecule has 3 aliphatic rings. The number of nitrogens with one attached hydrogen (secondary N) is 1. The Morgan fingerprint density at radius 1 is 1.18 bits per heavy atom. The standard InChI is InChI=1S/C27H27N3O4/c1-15(2)16-11-12-21-23(13-16)34-27(33)20-9-5-3-8-18(20)24(31)26(21,27)30-25(32)19(14-28)17-7-4-6-10-22(17)29/h4,6-15,33H,3,5,28-29H2,1-2H3,(H,30,32)/b19-14+. The molecule has 1 saturated carbocycles. The average Bonchev–Trinajstić information content (AvgIpc) is 3.18. The number of nitrogen functional groups attached to an aromatic ring is 1. The first-order valence-electron chi connectivity index (χ1n) is 11.4. The quantitative estimate of drug-likeness (QED) is 0.413. The summed E-state index contributed by atoms with van der Waals surface area (Å²) >= 11 is 0. The van der Waals surface area contributed by atoms with Crippen LogP contribution in [0.15, 0.2) is 72.0 Å². The largest absolute Gasteiger partial charge is 0.454 e. The van der Waals surface area contributed by atoms with Gasteiger partial charge in [-0.2, -0.15) is 0 Å². The molecule has 0 spiro atoms. The number of carbonyl (C=O) groups excluding carboxylic acids is 2. The Balaban J connectivity index is 1.68. The molecule has 1 heterocycles. The molecular formula is C27H27N3O4. The molecule has 1 fully saturated rings. The van der Waals surface area contributed by atoms with E-state index in [0.29, 0.717) is 46.6 Å². The minimum Gasteiger partial charge on any atom is -0.454 e. The summed E-state index contributed by atoms with van der Waals surface area (Å²) in [5.41, 5.74) is 13.1. The van der Waals surface area contributed by atoms with Crippen LogP contribution in [-0.2, 0) is 15.1 Å². The summed E-state index contributed by atoms with van der Waals surface area (Å²) in [5.74, 6) is -2.56. The molecule has 0 saturated heterocycles. The van der Waals surface area contributed by atoms with Crippen molar-refractivity contribution in [2.75, 3.05) is 5.73 Å². The highest BCUT2D eigenvalue weighted by atomic mass is 16.6. The van der Waals surface area contributed by atoms with Crippen molar-refractivity contribution in [2.24, 2.45) is 5.73 Å². The van der Waals surface area contributed by atoms with E-state index < -0.39 is 23.0 Å². The first kappa shape index (κ1) is 22.0. The van der Waals surface area contributed by atoms with E-state index in [4.69, 9.17) is 16.2 Å². The van der Waals surface area contributed by atoms with Crippen molar-refractivity contribution < 1.29 is 19.4 Å². The zero-order chi connectivity index (χ0) is 24.3. The number of anilines is 1. The van der Waals surface area contributed by atoms with Crippen molar-refractivity contribution in [3.63, 3.8) is 0 Å². The molecule has 5 rings (SSSR count). The number of ether oxygens (including phenoxy) is 1. The fraction of sp³-hybridized carbons (Fsp3) is 0.259. The van der Waals surface area contributed by atoms with Gasteiger partial charge >= 0.3 is 0 Å². The van der Waals surface area contributed by atoms with Crippen LogP contribution in [0.4, 0.5) is 5.69 Å². The summed E-state index contributed by atoms with van der Waals surface area (Å²) in [7, 11) is 0. The molecule has 2 aliphatic carbocycles. The van der Waals surface area contributed by atoms with Gasteiger partial charge in [0.1, 0.15) is 5.75 Å². The van der Waals surface area contributed by atoms with Crippen LogP contribution in [0.3, 0.4) is 0 Å². The van der Waals surface area contributed by atoms with Gasteiger partial charge in [0.2, 0.25) is 5.54 Å². The maximum Gasteiger partial charge on any atom is 0.270 e. The second-order valence-electron chi connectivity index (χ2n) is 9.17. The van der Waals surface area contributed by atoms with Gasteiger partial charge in [-0.25, -0.2) is 0 Å². The van der Waals surface area contributed by atoms with E-state index in [9.17, 15) is 14.7 Å². The Bertz CT molecular complexity index is 1320. The van der Waals surface area contributed by atoms with E-state index in [1.807, 2.05) is 32.1 Å². The molecule has 0 bridgehead atoms. The third-order valence-corrected chi connectivity index (χ3v) is 6.91. The topological polar surface area (TPSA) is 128 Å². The van der Waals surface area contributed by atoms with Crippen LogP contribution in [0, 0.1) is 0 Å². The Labute approximate surface area is 197 Å². The minimum absolute atomic E-state index is 0.0905. The van der Waals surface area contributed by atoms with Gasteiger partial charge in [0, 0.05) is 34.2 Å². The van der Waals surface area contributed by atoms with Crippen molar-refractivity contribution in [3.05, 3.63) is 88.7 Å². The van der Waals surface area contributed by atoms with Gasteiger partial charge in [0.05, 0.1) is 5.57 Å². The molecular weight excluding hydrogens is 430 g/mol. The number of allylic oxidation sites excluding steroid dienone is 2. The van der Waals surface area contributed by atoms with Crippen molar-refractivity contribution in [3.8, 4) is 5.75 Å². The Kier molecular flexibility index (Phi) is 4.91. The van der Waals surface area contributed by atoms with Crippen LogP contribution in [0.5, 0.6) is 5.75 Å². The summed E-state index contributed by atoms with van der Waals surface area (Å²) in [5, 5.41) is 14.8. The van der Waals surface area contributed by atoms with E-state index in [2.05, 4.69) is 5.32 Å². The van der Waals surface area contributed by atoms with Gasteiger partial charge in [-0.05, 0) is 36.5 Å². The third-order valence-electron chi connectivity index (χ3n) is 6.91. The fourth-order valence-electron chi connectivity index (χ4n) is 5.13. The summed E-state index contributed by atoms with van der Waals surface area (Å²) < 4.78 is 6.13. The summed E-state index contributed by atoms with van der Waals surface area (Å²) in [4.78, 5) is 27.6. The monoisotopic (exact) mass is 457 g/mol. The van der Waals surface area contributed by atoms with Crippen LogP contribution in [0.1, 0.15) is 49.3 Å². The predicted octanol–water partition coefficient (Wildman–Crippen LogP) is 3.01. The molecule has 1 amide bonds. The molecule has 0 aromatic heterocycles. The Hall–Kier alpha value is -3.84. The predicted molar refractivity (Wildman–Crippen MR) is 129 cm³/mol. The van der Waals surface area contributed by atoms with E-state index >= 15 is 0 Å². The number of hydrogen-bond donors (Lipinski definition) is 4. The molecule has 174 valence electrons. The third kappa shape index (κ3) is 2.80. The first-order valence-corrected chi connectivity index (χ1v) is 11.4. The molecule has 2 unspecified atom stereocenters. The van der Waals surface area contributed by atoms with Crippen molar-refractivity contribution in [1.29, 1.82) is 0 Å². The number of amides is 1. The van der Waals surface area contributed by atoms with E-state index in [-0.39, 0.29) is 11.5 Å². The van der Waals surface area contributed by atoms with Crippen molar-refractivity contribution >= 4 is 23.0 Å². The SMILES string of the molecule is CC(C)c1ccc2c(c1)OC1(O)C3=CCCC=C3C(=O)C21NC(=O)/C(=C/N)c1ccccc1N. The van der Waals surface area contributed by atoms with Gasteiger partial charge in [-0.3, -0.25) is 9.59 Å². The molecule has 34 heavy (non-hydrogen) atoms. The zero-order valence-electron chi connectivity index (χ0n) is 19.1. The van der Waals surface area contributed by atoms with Gasteiger partial charge in [-0.1, -0.05) is 56.3 Å². The number of rotatable bonds is 4. The number of fused-ring (bicyclic) bond motifs is 5. The maximum atomic E-state index is 13.9. The van der Waals surface area contributed by atoms with E-state index in [1.165, 1.54) is 0 Å². The van der Waals surface area contributed by atoms with Crippen LogP contribution < -0.4 is 21.5 Å². The van der Waals surface area contributed by atoms with E-state index in [0.717, 1.165) is 11.8 Å². The van der Waals surface area contributed by atoms with Crippen LogP contribution in [-0.4, -0.2) is 22.6 Å². The second-order valence-corrected chi connectivity index (χ2v) is 9.17. The second kappa shape index (κ2) is 7.60. The number of carbonyl (C=O) groups is 2. The van der Waals surface area contributed by atoms with Gasteiger partial charge < -0.3 is 26.6 Å². The summed E-state index contributed by atoms with van der Waals surface area (Å²) in [6.45, 7) is 4.09. The Morgan fingerprint density at radius 3 is 2.62 bits per heavy atom. The molecule has 2 aromatic carbocycles. The van der Waals surface area contributed by atoms with Crippen LogP contribution in [0.25, 0.3) is 5.57 Å². The van der Waals surface area contributed by atoms with Crippen LogP contribution >= 0.6 is 0 Å². The number of benzene rings is 2. The molecule has 7 heteroatoms. The lowest BCUT2D eigenvalue weighted by Gasteiger charge is -2.34. The number of nitrogens with two attached hydrogens (primary N) is 2. The Morgan fingerprint density at radius 2 is 1.91 bits per heavy atom. The number of ketones is 1. The summed E-state index contributed by atoms with van der Waals surface area (Å²) in [6, 6.07) is 12.3.